The molecule has 1 N–H and O–H groups in total. The molecule has 0 aliphatic heterocycles. The zero-order chi connectivity index (χ0) is 15.8. The lowest BCUT2D eigenvalue weighted by Crippen LogP contribution is -2.23. The summed E-state index contributed by atoms with van der Waals surface area (Å²) in [5.41, 5.74) is 1.33. The summed E-state index contributed by atoms with van der Waals surface area (Å²) in [6.07, 6.45) is 4.04. The highest BCUT2D eigenvalue weighted by molar-refractivity contribution is 7.09. The molecule has 1 heterocycles. The molecular weight excluding hydrogens is 298 g/mol. The monoisotopic (exact) mass is 315 g/mol. The van der Waals surface area contributed by atoms with E-state index in [-0.39, 0.29) is 11.9 Å². The molecule has 22 heavy (non-hydrogen) atoms. The summed E-state index contributed by atoms with van der Waals surface area (Å²) in [4.78, 5) is 24.3. The number of benzene rings is 1. The van der Waals surface area contributed by atoms with Crippen LogP contribution in [0, 0.1) is 0 Å². The molecule has 0 fully saturated rings. The standard InChI is InChI=1S/C17H17NO3S/c1-21-17(20)14-7-4-13(5-8-14)6-9-16(19)18-11-10-15-3-2-12-22-15/h2-9,12H,10-11H2,1H3,(H,18,19)/b9-6+. The second-order valence-electron chi connectivity index (χ2n) is 4.57. The number of carbonyl (C=O) groups excluding carboxylic acids is 2. The first kappa shape index (κ1) is 16.0. The quantitative estimate of drug-likeness (QED) is 0.659. The lowest BCUT2D eigenvalue weighted by atomic mass is 10.1. The van der Waals surface area contributed by atoms with Crippen LogP contribution in [0.15, 0.2) is 47.9 Å². The molecule has 1 aromatic carbocycles. The second-order valence-corrected chi connectivity index (χ2v) is 5.60. The summed E-state index contributed by atoms with van der Waals surface area (Å²) in [7, 11) is 1.34. The summed E-state index contributed by atoms with van der Waals surface area (Å²) >= 11 is 1.68. The molecule has 0 aliphatic carbocycles. The van der Waals surface area contributed by atoms with Gasteiger partial charge in [-0.15, -0.1) is 11.3 Å². The zero-order valence-corrected chi connectivity index (χ0v) is 13.1. The Hall–Kier alpha value is -2.40. The average Bonchev–Trinajstić information content (AvgIpc) is 3.06. The van der Waals surface area contributed by atoms with Crippen molar-refractivity contribution in [3.8, 4) is 0 Å². The van der Waals surface area contributed by atoms with Gasteiger partial charge in [0.25, 0.3) is 0 Å². The van der Waals surface area contributed by atoms with Gasteiger partial charge in [0.1, 0.15) is 0 Å². The van der Waals surface area contributed by atoms with Crippen molar-refractivity contribution in [2.75, 3.05) is 13.7 Å². The first-order valence-corrected chi connectivity index (χ1v) is 7.73. The van der Waals surface area contributed by atoms with Crippen molar-refractivity contribution in [2.24, 2.45) is 0 Å². The third-order valence-corrected chi connectivity index (χ3v) is 3.95. The number of carbonyl (C=O) groups is 2. The van der Waals surface area contributed by atoms with Gasteiger partial charge in [0.05, 0.1) is 12.7 Å². The van der Waals surface area contributed by atoms with E-state index >= 15 is 0 Å². The summed E-state index contributed by atoms with van der Waals surface area (Å²) in [5.74, 6) is -0.504. The van der Waals surface area contributed by atoms with Gasteiger partial charge in [0.15, 0.2) is 0 Å². The SMILES string of the molecule is COC(=O)c1ccc(/C=C/C(=O)NCCc2cccs2)cc1. The molecule has 0 aliphatic rings. The van der Waals surface area contributed by atoms with E-state index in [1.807, 2.05) is 11.4 Å². The predicted molar refractivity (Wildman–Crippen MR) is 87.8 cm³/mol. The Kier molecular flexibility index (Phi) is 5.91. The molecule has 5 heteroatoms. The van der Waals surface area contributed by atoms with Crippen LogP contribution >= 0.6 is 11.3 Å². The Labute approximate surface area is 133 Å². The molecule has 0 bridgehead atoms. The van der Waals surface area contributed by atoms with Crippen molar-refractivity contribution in [1.29, 1.82) is 0 Å². The van der Waals surface area contributed by atoms with Crippen LogP contribution in [0.2, 0.25) is 0 Å². The number of ether oxygens (including phenoxy) is 1. The Morgan fingerprint density at radius 1 is 1.23 bits per heavy atom. The van der Waals surface area contributed by atoms with Crippen LogP contribution in [0.3, 0.4) is 0 Å². The van der Waals surface area contributed by atoms with Gasteiger partial charge in [-0.2, -0.15) is 0 Å². The highest BCUT2D eigenvalue weighted by atomic mass is 32.1. The number of esters is 1. The van der Waals surface area contributed by atoms with Gasteiger partial charge < -0.3 is 10.1 Å². The van der Waals surface area contributed by atoms with E-state index in [9.17, 15) is 9.59 Å². The molecule has 0 spiro atoms. The van der Waals surface area contributed by atoms with Crippen LogP contribution in [-0.4, -0.2) is 25.5 Å². The molecule has 2 aromatic rings. The molecule has 2 rings (SSSR count). The minimum Gasteiger partial charge on any atom is -0.465 e. The van der Waals surface area contributed by atoms with Crippen molar-refractivity contribution in [3.05, 3.63) is 63.9 Å². The molecule has 0 saturated carbocycles. The number of thiophene rings is 1. The lowest BCUT2D eigenvalue weighted by Gasteiger charge is -2.01. The number of methoxy groups -OCH3 is 1. The van der Waals surface area contributed by atoms with E-state index in [1.54, 1.807) is 41.7 Å². The maximum absolute atomic E-state index is 11.7. The van der Waals surface area contributed by atoms with Gasteiger partial charge in [0, 0.05) is 17.5 Å². The Bertz CT molecular complexity index is 645. The van der Waals surface area contributed by atoms with Crippen LogP contribution in [-0.2, 0) is 16.0 Å². The largest absolute Gasteiger partial charge is 0.465 e. The van der Waals surface area contributed by atoms with Crippen LogP contribution in [0.1, 0.15) is 20.8 Å². The van der Waals surface area contributed by atoms with Crippen molar-refractivity contribution in [2.45, 2.75) is 6.42 Å². The molecule has 114 valence electrons. The lowest BCUT2D eigenvalue weighted by molar-refractivity contribution is -0.116. The molecule has 0 unspecified atom stereocenters. The Balaban J connectivity index is 1.80. The molecule has 0 radical (unpaired) electrons. The predicted octanol–water partition coefficient (Wildman–Crippen LogP) is 2.91. The Morgan fingerprint density at radius 2 is 2.00 bits per heavy atom. The number of amides is 1. The second kappa shape index (κ2) is 8.14. The van der Waals surface area contributed by atoms with E-state index in [2.05, 4.69) is 16.1 Å². The summed E-state index contributed by atoms with van der Waals surface area (Å²) in [6, 6.07) is 10.9. The van der Waals surface area contributed by atoms with E-state index < -0.39 is 0 Å². The zero-order valence-electron chi connectivity index (χ0n) is 12.2. The van der Waals surface area contributed by atoms with Crippen molar-refractivity contribution < 1.29 is 14.3 Å². The topological polar surface area (TPSA) is 55.4 Å². The van der Waals surface area contributed by atoms with E-state index in [1.165, 1.54) is 18.1 Å². The normalized spacial score (nSPS) is 10.6. The first-order valence-electron chi connectivity index (χ1n) is 6.85. The van der Waals surface area contributed by atoms with Crippen LogP contribution < -0.4 is 5.32 Å². The van der Waals surface area contributed by atoms with Gasteiger partial charge in [-0.25, -0.2) is 4.79 Å². The minimum atomic E-state index is -0.373. The maximum Gasteiger partial charge on any atom is 0.337 e. The smallest absolute Gasteiger partial charge is 0.337 e. The highest BCUT2D eigenvalue weighted by Crippen LogP contribution is 2.08. The fraction of sp³-hybridized carbons (Fsp3) is 0.176. The fourth-order valence-corrected chi connectivity index (χ4v) is 2.55. The summed E-state index contributed by atoms with van der Waals surface area (Å²) in [5, 5.41) is 4.86. The summed E-state index contributed by atoms with van der Waals surface area (Å²) in [6.45, 7) is 0.616. The number of rotatable bonds is 6. The third-order valence-electron chi connectivity index (χ3n) is 3.01. The van der Waals surface area contributed by atoms with E-state index in [0.717, 1.165) is 12.0 Å². The van der Waals surface area contributed by atoms with Gasteiger partial charge >= 0.3 is 5.97 Å². The molecule has 4 nitrogen and oxygen atoms in total. The van der Waals surface area contributed by atoms with Crippen LogP contribution in [0.5, 0.6) is 0 Å². The van der Waals surface area contributed by atoms with Gasteiger partial charge in [-0.05, 0) is 41.6 Å². The van der Waals surface area contributed by atoms with Crippen molar-refractivity contribution >= 4 is 29.3 Å². The number of hydrogen-bond donors (Lipinski definition) is 1. The van der Waals surface area contributed by atoms with Gasteiger partial charge in [0.2, 0.25) is 5.91 Å². The molecular formula is C17H17NO3S. The summed E-state index contributed by atoms with van der Waals surface area (Å²) < 4.78 is 4.63. The van der Waals surface area contributed by atoms with E-state index in [4.69, 9.17) is 0 Å². The fourth-order valence-electron chi connectivity index (χ4n) is 1.84. The molecule has 1 amide bonds. The number of nitrogens with one attached hydrogen (secondary N) is 1. The average molecular weight is 315 g/mol. The highest BCUT2D eigenvalue weighted by Gasteiger charge is 2.03. The van der Waals surface area contributed by atoms with Crippen LogP contribution in [0.4, 0.5) is 0 Å². The molecule has 0 saturated heterocycles. The van der Waals surface area contributed by atoms with Gasteiger partial charge in [-0.1, -0.05) is 18.2 Å². The molecule has 0 atom stereocenters. The van der Waals surface area contributed by atoms with Crippen molar-refractivity contribution in [1.82, 2.24) is 5.32 Å². The Morgan fingerprint density at radius 3 is 2.64 bits per heavy atom. The third kappa shape index (κ3) is 4.86. The number of hydrogen-bond acceptors (Lipinski definition) is 4. The van der Waals surface area contributed by atoms with Crippen molar-refractivity contribution in [3.63, 3.8) is 0 Å². The molecule has 1 aromatic heterocycles. The maximum atomic E-state index is 11.7. The minimum absolute atomic E-state index is 0.131. The van der Waals surface area contributed by atoms with E-state index in [0.29, 0.717) is 12.1 Å². The first-order chi connectivity index (χ1) is 10.7. The van der Waals surface area contributed by atoms with Crippen LogP contribution in [0.25, 0.3) is 6.08 Å². The van der Waals surface area contributed by atoms with Gasteiger partial charge in [-0.3, -0.25) is 4.79 Å².